The van der Waals surface area contributed by atoms with Crippen LogP contribution in [0.5, 0.6) is 0 Å². The summed E-state index contributed by atoms with van der Waals surface area (Å²) in [4.78, 5) is 17.0. The first-order valence-electron chi connectivity index (χ1n) is 6.29. The Kier molecular flexibility index (Phi) is 4.54. The van der Waals surface area contributed by atoms with E-state index in [1.807, 2.05) is 6.92 Å². The van der Waals surface area contributed by atoms with Gasteiger partial charge in [-0.3, -0.25) is 0 Å². The number of amides is 2. The fourth-order valence-corrected chi connectivity index (χ4v) is 2.86. The second kappa shape index (κ2) is 6.15. The highest BCUT2D eigenvalue weighted by molar-refractivity contribution is 7.11. The predicted octanol–water partition coefficient (Wildman–Crippen LogP) is 1.55. The van der Waals surface area contributed by atoms with Crippen LogP contribution in [0.2, 0.25) is 0 Å². The summed E-state index contributed by atoms with van der Waals surface area (Å²) in [6.45, 7) is 2.42. The average molecular weight is 269 g/mol. The molecule has 1 aliphatic rings. The highest BCUT2D eigenvalue weighted by atomic mass is 32.1. The second-order valence-electron chi connectivity index (χ2n) is 4.65. The van der Waals surface area contributed by atoms with Crippen LogP contribution in [0.25, 0.3) is 0 Å². The lowest BCUT2D eigenvalue weighted by atomic mass is 9.93. The number of aromatic nitrogens is 1. The summed E-state index contributed by atoms with van der Waals surface area (Å²) in [5, 5.41) is 16.2. The van der Waals surface area contributed by atoms with Gasteiger partial charge in [-0.2, -0.15) is 0 Å². The molecule has 1 heterocycles. The van der Waals surface area contributed by atoms with Gasteiger partial charge in [-0.25, -0.2) is 9.78 Å². The summed E-state index contributed by atoms with van der Waals surface area (Å²) in [6.07, 6.45) is 5.12. The summed E-state index contributed by atoms with van der Waals surface area (Å²) in [5.41, 5.74) is 0. The highest BCUT2D eigenvalue weighted by Gasteiger charge is 2.24. The Hall–Kier alpha value is -1.14. The number of hydrogen-bond donors (Lipinski definition) is 3. The molecule has 1 fully saturated rings. The molecule has 1 aromatic heterocycles. The normalized spacial score (nSPS) is 23.7. The molecule has 18 heavy (non-hydrogen) atoms. The first-order valence-corrected chi connectivity index (χ1v) is 7.10. The van der Waals surface area contributed by atoms with Crippen molar-refractivity contribution in [3.63, 3.8) is 0 Å². The number of aliphatic hydroxyl groups excluding tert-OH is 1. The van der Waals surface area contributed by atoms with E-state index in [1.165, 1.54) is 0 Å². The lowest BCUT2D eigenvalue weighted by Crippen LogP contribution is -2.48. The van der Waals surface area contributed by atoms with Gasteiger partial charge in [0.2, 0.25) is 0 Å². The van der Waals surface area contributed by atoms with Crippen LogP contribution in [0.4, 0.5) is 4.79 Å². The molecule has 1 aliphatic carbocycles. The van der Waals surface area contributed by atoms with E-state index in [1.54, 1.807) is 17.5 Å². The maximum absolute atomic E-state index is 11.7. The summed E-state index contributed by atoms with van der Waals surface area (Å²) in [6, 6.07) is -0.342. The molecule has 0 aromatic carbocycles. The zero-order valence-corrected chi connectivity index (χ0v) is 11.3. The standard InChI is InChI=1S/C12H19N3O2S/c1-8-6-13-11(18-8)7-14-12(17)15-9-4-2-3-5-10(9)16/h6,9-10,16H,2-5,7H2,1H3,(H2,14,15,17). The third-order valence-corrected chi connectivity index (χ3v) is 4.03. The maximum Gasteiger partial charge on any atom is 0.315 e. The molecule has 0 radical (unpaired) electrons. The zero-order chi connectivity index (χ0) is 13.0. The maximum atomic E-state index is 11.7. The fraction of sp³-hybridized carbons (Fsp3) is 0.667. The molecule has 2 amide bonds. The largest absolute Gasteiger partial charge is 0.391 e. The number of urea groups is 1. The van der Waals surface area contributed by atoms with E-state index >= 15 is 0 Å². The summed E-state index contributed by atoms with van der Waals surface area (Å²) in [5.74, 6) is 0. The lowest BCUT2D eigenvalue weighted by molar-refractivity contribution is 0.0943. The molecule has 0 spiro atoms. The summed E-state index contributed by atoms with van der Waals surface area (Å²) in [7, 11) is 0. The summed E-state index contributed by atoms with van der Waals surface area (Å²) < 4.78 is 0. The topological polar surface area (TPSA) is 74.2 Å². The number of nitrogens with zero attached hydrogens (tertiary/aromatic N) is 1. The number of aryl methyl sites for hydroxylation is 1. The Balaban J connectivity index is 1.74. The molecule has 1 aromatic rings. The molecule has 100 valence electrons. The van der Waals surface area contributed by atoms with Gasteiger partial charge < -0.3 is 15.7 Å². The van der Waals surface area contributed by atoms with E-state index in [2.05, 4.69) is 15.6 Å². The Morgan fingerprint density at radius 1 is 1.56 bits per heavy atom. The minimum Gasteiger partial charge on any atom is -0.391 e. The van der Waals surface area contributed by atoms with Gasteiger partial charge in [-0.1, -0.05) is 12.8 Å². The molecule has 0 bridgehead atoms. The number of aliphatic hydroxyl groups is 1. The average Bonchev–Trinajstić information content (AvgIpc) is 2.76. The van der Waals surface area contributed by atoms with Gasteiger partial charge in [0.25, 0.3) is 0 Å². The third kappa shape index (κ3) is 3.68. The van der Waals surface area contributed by atoms with Gasteiger partial charge in [0.05, 0.1) is 18.7 Å². The molecule has 1 saturated carbocycles. The second-order valence-corrected chi connectivity index (χ2v) is 5.97. The minimum absolute atomic E-state index is 0.114. The Morgan fingerprint density at radius 3 is 3.00 bits per heavy atom. The minimum atomic E-state index is -0.411. The van der Waals surface area contributed by atoms with E-state index < -0.39 is 6.10 Å². The Morgan fingerprint density at radius 2 is 2.33 bits per heavy atom. The predicted molar refractivity (Wildman–Crippen MR) is 70.5 cm³/mol. The molecule has 2 rings (SSSR count). The molecule has 2 unspecified atom stereocenters. The van der Waals surface area contributed by atoms with Crippen molar-refractivity contribution in [3.05, 3.63) is 16.1 Å². The van der Waals surface area contributed by atoms with Crippen LogP contribution in [-0.2, 0) is 6.54 Å². The van der Waals surface area contributed by atoms with Crippen molar-refractivity contribution in [1.29, 1.82) is 0 Å². The molecule has 0 saturated heterocycles. The molecule has 0 aliphatic heterocycles. The van der Waals surface area contributed by atoms with Gasteiger partial charge in [-0.15, -0.1) is 11.3 Å². The van der Waals surface area contributed by atoms with Gasteiger partial charge in [0.15, 0.2) is 0 Å². The van der Waals surface area contributed by atoms with Crippen molar-refractivity contribution in [2.45, 2.75) is 51.3 Å². The number of carbonyl (C=O) groups excluding carboxylic acids is 1. The zero-order valence-electron chi connectivity index (χ0n) is 10.5. The quantitative estimate of drug-likeness (QED) is 0.779. The SMILES string of the molecule is Cc1cnc(CNC(=O)NC2CCCCC2O)s1. The number of thiazole rings is 1. The van der Waals surface area contributed by atoms with E-state index in [0.29, 0.717) is 6.54 Å². The smallest absolute Gasteiger partial charge is 0.315 e. The van der Waals surface area contributed by atoms with Crippen LogP contribution in [0.3, 0.4) is 0 Å². The highest BCUT2D eigenvalue weighted by Crippen LogP contribution is 2.18. The van der Waals surface area contributed by atoms with Crippen LogP contribution < -0.4 is 10.6 Å². The molecule has 6 heteroatoms. The van der Waals surface area contributed by atoms with Crippen molar-refractivity contribution >= 4 is 17.4 Å². The van der Waals surface area contributed by atoms with Crippen LogP contribution in [0.15, 0.2) is 6.20 Å². The Bertz CT molecular complexity index is 408. The van der Waals surface area contributed by atoms with Crippen molar-refractivity contribution in [2.24, 2.45) is 0 Å². The molecule has 3 N–H and O–H groups in total. The van der Waals surface area contributed by atoms with Crippen LogP contribution in [-0.4, -0.2) is 28.3 Å². The van der Waals surface area contributed by atoms with E-state index in [9.17, 15) is 9.90 Å². The van der Waals surface area contributed by atoms with Gasteiger partial charge >= 0.3 is 6.03 Å². The van der Waals surface area contributed by atoms with Crippen LogP contribution in [0.1, 0.15) is 35.6 Å². The number of nitrogens with one attached hydrogen (secondary N) is 2. The third-order valence-electron chi connectivity index (χ3n) is 3.12. The first kappa shape index (κ1) is 13.3. The lowest BCUT2D eigenvalue weighted by Gasteiger charge is -2.28. The number of hydrogen-bond acceptors (Lipinski definition) is 4. The fourth-order valence-electron chi connectivity index (χ4n) is 2.14. The first-order chi connectivity index (χ1) is 8.65. The van der Waals surface area contributed by atoms with Crippen molar-refractivity contribution < 1.29 is 9.90 Å². The molecular weight excluding hydrogens is 250 g/mol. The Labute approximate surface area is 111 Å². The number of carbonyl (C=O) groups is 1. The summed E-state index contributed by atoms with van der Waals surface area (Å²) >= 11 is 1.57. The molecular formula is C12H19N3O2S. The van der Waals surface area contributed by atoms with Gasteiger partial charge in [-0.05, 0) is 19.8 Å². The van der Waals surface area contributed by atoms with Crippen LogP contribution >= 0.6 is 11.3 Å². The van der Waals surface area contributed by atoms with Crippen LogP contribution in [0, 0.1) is 6.92 Å². The molecule has 5 nitrogen and oxygen atoms in total. The van der Waals surface area contributed by atoms with Gasteiger partial charge in [0, 0.05) is 11.1 Å². The van der Waals surface area contributed by atoms with E-state index in [4.69, 9.17) is 0 Å². The monoisotopic (exact) mass is 269 g/mol. The van der Waals surface area contributed by atoms with Gasteiger partial charge in [0.1, 0.15) is 5.01 Å². The van der Waals surface area contributed by atoms with E-state index in [-0.39, 0.29) is 12.1 Å². The number of rotatable bonds is 3. The van der Waals surface area contributed by atoms with E-state index in [0.717, 1.165) is 35.6 Å². The van der Waals surface area contributed by atoms with Crippen molar-refractivity contribution in [2.75, 3.05) is 0 Å². The van der Waals surface area contributed by atoms with Crippen molar-refractivity contribution in [3.8, 4) is 0 Å². The van der Waals surface area contributed by atoms with Crippen molar-refractivity contribution in [1.82, 2.24) is 15.6 Å². The molecule has 2 atom stereocenters.